The lowest BCUT2D eigenvalue weighted by Crippen LogP contribution is -2.36. The van der Waals surface area contributed by atoms with Gasteiger partial charge in [-0.3, -0.25) is 4.79 Å². The lowest BCUT2D eigenvalue weighted by atomic mass is 10.2. The van der Waals surface area contributed by atoms with Crippen LogP contribution >= 0.6 is 11.3 Å². The minimum absolute atomic E-state index is 0.0198. The standard InChI is InChI=1S/C15H18N2OS/c1-4-9-17(10(2)3)15(18)14-13(16)11-7-5-6-8-12(11)19-14/h4-8,10H,1,9,16H2,2-3H3. The van der Waals surface area contributed by atoms with Crippen molar-refractivity contribution < 1.29 is 4.79 Å². The fourth-order valence-corrected chi connectivity index (χ4v) is 3.10. The molecule has 2 rings (SSSR count). The second-order valence-corrected chi connectivity index (χ2v) is 5.73. The first-order chi connectivity index (χ1) is 9.06. The second-order valence-electron chi connectivity index (χ2n) is 4.68. The Morgan fingerprint density at radius 3 is 2.74 bits per heavy atom. The molecular formula is C15H18N2OS. The van der Waals surface area contributed by atoms with Crippen molar-refractivity contribution in [2.24, 2.45) is 0 Å². The van der Waals surface area contributed by atoms with Gasteiger partial charge in [0.1, 0.15) is 4.88 Å². The molecule has 1 aromatic heterocycles. The minimum atomic E-state index is -0.0198. The highest BCUT2D eigenvalue weighted by atomic mass is 32.1. The summed E-state index contributed by atoms with van der Waals surface area (Å²) in [5, 5.41) is 0.957. The molecule has 1 aromatic carbocycles. The zero-order valence-electron chi connectivity index (χ0n) is 11.2. The number of benzene rings is 1. The maximum absolute atomic E-state index is 12.6. The smallest absolute Gasteiger partial charge is 0.266 e. The summed E-state index contributed by atoms with van der Waals surface area (Å²) in [7, 11) is 0. The van der Waals surface area contributed by atoms with E-state index in [9.17, 15) is 4.79 Å². The predicted molar refractivity (Wildman–Crippen MR) is 82.6 cm³/mol. The van der Waals surface area contributed by atoms with Gasteiger partial charge in [0.05, 0.1) is 5.69 Å². The van der Waals surface area contributed by atoms with Gasteiger partial charge in [-0.25, -0.2) is 0 Å². The highest BCUT2D eigenvalue weighted by Crippen LogP contribution is 2.34. The third kappa shape index (κ3) is 2.49. The molecule has 2 N–H and O–H groups in total. The molecule has 0 saturated carbocycles. The quantitative estimate of drug-likeness (QED) is 0.867. The predicted octanol–water partition coefficient (Wildman–Crippen LogP) is 3.52. The summed E-state index contributed by atoms with van der Waals surface area (Å²) < 4.78 is 1.05. The van der Waals surface area contributed by atoms with E-state index in [0.717, 1.165) is 10.1 Å². The molecule has 0 saturated heterocycles. The van der Waals surface area contributed by atoms with E-state index in [1.165, 1.54) is 11.3 Å². The van der Waals surface area contributed by atoms with Gasteiger partial charge in [-0.1, -0.05) is 24.3 Å². The van der Waals surface area contributed by atoms with Gasteiger partial charge in [0, 0.05) is 22.7 Å². The van der Waals surface area contributed by atoms with Gasteiger partial charge in [-0.05, 0) is 19.9 Å². The highest BCUT2D eigenvalue weighted by molar-refractivity contribution is 7.21. The van der Waals surface area contributed by atoms with Crippen LogP contribution in [0.3, 0.4) is 0 Å². The van der Waals surface area contributed by atoms with Gasteiger partial charge in [-0.2, -0.15) is 0 Å². The van der Waals surface area contributed by atoms with Crippen molar-refractivity contribution in [3.05, 3.63) is 41.8 Å². The minimum Gasteiger partial charge on any atom is -0.397 e. The number of amides is 1. The molecule has 1 heterocycles. The molecule has 0 aliphatic rings. The van der Waals surface area contributed by atoms with E-state index in [1.807, 2.05) is 38.1 Å². The zero-order valence-corrected chi connectivity index (χ0v) is 12.0. The number of nitrogen functional groups attached to an aromatic ring is 1. The van der Waals surface area contributed by atoms with E-state index in [-0.39, 0.29) is 11.9 Å². The van der Waals surface area contributed by atoms with Crippen molar-refractivity contribution in [3.63, 3.8) is 0 Å². The Hall–Kier alpha value is -1.81. The summed E-state index contributed by atoms with van der Waals surface area (Å²) >= 11 is 1.45. The molecule has 19 heavy (non-hydrogen) atoms. The normalized spacial score (nSPS) is 10.9. The number of anilines is 1. The van der Waals surface area contributed by atoms with Crippen LogP contribution in [0.2, 0.25) is 0 Å². The zero-order chi connectivity index (χ0) is 14.0. The second kappa shape index (κ2) is 5.45. The molecule has 0 unspecified atom stereocenters. The van der Waals surface area contributed by atoms with Crippen molar-refractivity contribution in [1.82, 2.24) is 4.90 Å². The molecular weight excluding hydrogens is 256 g/mol. The van der Waals surface area contributed by atoms with Gasteiger partial charge >= 0.3 is 0 Å². The Balaban J connectivity index is 2.45. The van der Waals surface area contributed by atoms with Gasteiger partial charge in [-0.15, -0.1) is 17.9 Å². The average molecular weight is 274 g/mol. The van der Waals surface area contributed by atoms with E-state index in [2.05, 4.69) is 6.58 Å². The summed E-state index contributed by atoms with van der Waals surface area (Å²) in [6.07, 6.45) is 1.74. The number of carbonyl (C=O) groups is 1. The van der Waals surface area contributed by atoms with Gasteiger partial charge in [0.25, 0.3) is 5.91 Å². The van der Waals surface area contributed by atoms with Crippen molar-refractivity contribution in [3.8, 4) is 0 Å². The third-order valence-electron chi connectivity index (χ3n) is 3.04. The average Bonchev–Trinajstić information content (AvgIpc) is 2.73. The van der Waals surface area contributed by atoms with Gasteiger partial charge in [0.15, 0.2) is 0 Å². The summed E-state index contributed by atoms with van der Waals surface area (Å²) in [5.41, 5.74) is 6.69. The van der Waals surface area contributed by atoms with Crippen LogP contribution in [-0.2, 0) is 0 Å². The number of nitrogens with two attached hydrogens (primary N) is 1. The Morgan fingerprint density at radius 2 is 2.16 bits per heavy atom. The van der Waals surface area contributed by atoms with Crippen LogP contribution in [0.4, 0.5) is 5.69 Å². The van der Waals surface area contributed by atoms with Gasteiger partial charge in [0.2, 0.25) is 0 Å². The SMILES string of the molecule is C=CCN(C(=O)c1sc2ccccc2c1N)C(C)C. The van der Waals surface area contributed by atoms with Crippen LogP contribution in [-0.4, -0.2) is 23.4 Å². The lowest BCUT2D eigenvalue weighted by molar-refractivity contribution is 0.0735. The Kier molecular flexibility index (Phi) is 3.90. The van der Waals surface area contributed by atoms with Crippen LogP contribution in [0.1, 0.15) is 23.5 Å². The molecule has 0 atom stereocenters. The molecule has 2 aromatic rings. The van der Waals surface area contributed by atoms with Crippen LogP contribution in [0, 0.1) is 0 Å². The Labute approximate surface area is 117 Å². The molecule has 4 heteroatoms. The van der Waals surface area contributed by atoms with Crippen LogP contribution in [0.5, 0.6) is 0 Å². The molecule has 0 spiro atoms. The van der Waals surface area contributed by atoms with E-state index in [4.69, 9.17) is 5.73 Å². The van der Waals surface area contributed by atoms with Crippen LogP contribution in [0.25, 0.3) is 10.1 Å². The number of thiophene rings is 1. The first kappa shape index (κ1) is 13.6. The highest BCUT2D eigenvalue weighted by Gasteiger charge is 2.22. The third-order valence-corrected chi connectivity index (χ3v) is 4.21. The first-order valence-electron chi connectivity index (χ1n) is 6.25. The summed E-state index contributed by atoms with van der Waals surface area (Å²) in [4.78, 5) is 15.0. The summed E-state index contributed by atoms with van der Waals surface area (Å²) in [6, 6.07) is 7.95. The van der Waals surface area contributed by atoms with Crippen LogP contribution in [0.15, 0.2) is 36.9 Å². The molecule has 0 bridgehead atoms. The molecule has 1 amide bonds. The number of hydrogen-bond acceptors (Lipinski definition) is 3. The fraction of sp³-hybridized carbons (Fsp3) is 0.267. The number of hydrogen-bond donors (Lipinski definition) is 1. The van der Waals surface area contributed by atoms with E-state index < -0.39 is 0 Å². The molecule has 0 aliphatic heterocycles. The number of carbonyl (C=O) groups excluding carboxylic acids is 1. The number of nitrogens with zero attached hydrogens (tertiary/aromatic N) is 1. The largest absolute Gasteiger partial charge is 0.397 e. The molecule has 0 aliphatic carbocycles. The van der Waals surface area contributed by atoms with E-state index >= 15 is 0 Å². The molecule has 0 fully saturated rings. The van der Waals surface area contributed by atoms with Crippen molar-refractivity contribution >= 4 is 33.0 Å². The topological polar surface area (TPSA) is 46.3 Å². The number of fused-ring (bicyclic) bond motifs is 1. The van der Waals surface area contributed by atoms with Crippen LogP contribution < -0.4 is 5.73 Å². The monoisotopic (exact) mass is 274 g/mol. The molecule has 3 nitrogen and oxygen atoms in total. The first-order valence-corrected chi connectivity index (χ1v) is 7.06. The van der Waals surface area contributed by atoms with Crippen molar-refractivity contribution in [1.29, 1.82) is 0 Å². The lowest BCUT2D eigenvalue weighted by Gasteiger charge is -2.24. The maximum Gasteiger partial charge on any atom is 0.266 e. The molecule has 0 radical (unpaired) electrons. The molecule has 100 valence electrons. The fourth-order valence-electron chi connectivity index (χ4n) is 2.02. The van der Waals surface area contributed by atoms with Crippen molar-refractivity contribution in [2.75, 3.05) is 12.3 Å². The Morgan fingerprint density at radius 1 is 1.47 bits per heavy atom. The summed E-state index contributed by atoms with van der Waals surface area (Å²) in [5.74, 6) is -0.0198. The van der Waals surface area contributed by atoms with E-state index in [0.29, 0.717) is 17.1 Å². The van der Waals surface area contributed by atoms with Gasteiger partial charge < -0.3 is 10.6 Å². The maximum atomic E-state index is 12.6. The van der Waals surface area contributed by atoms with E-state index in [1.54, 1.807) is 11.0 Å². The number of rotatable bonds is 4. The van der Waals surface area contributed by atoms with Crippen molar-refractivity contribution in [2.45, 2.75) is 19.9 Å². The Bertz CT molecular complexity index is 616. The summed E-state index contributed by atoms with van der Waals surface area (Å²) in [6.45, 7) is 8.22.